The molecule has 0 aliphatic carbocycles. The molecule has 20 heavy (non-hydrogen) atoms. The van der Waals surface area contributed by atoms with Crippen LogP contribution < -0.4 is 11.1 Å². The summed E-state index contributed by atoms with van der Waals surface area (Å²) < 4.78 is 2.25. The van der Waals surface area contributed by atoms with Crippen molar-refractivity contribution in [1.82, 2.24) is 14.9 Å². The fourth-order valence-corrected chi connectivity index (χ4v) is 3.13. The lowest BCUT2D eigenvalue weighted by Crippen LogP contribution is -2.20. The summed E-state index contributed by atoms with van der Waals surface area (Å²) in [6.45, 7) is 4.70. The molecule has 2 aromatic heterocycles. The van der Waals surface area contributed by atoms with Crippen molar-refractivity contribution in [3.05, 3.63) is 46.4 Å². The van der Waals surface area contributed by atoms with E-state index >= 15 is 0 Å². The summed E-state index contributed by atoms with van der Waals surface area (Å²) >= 11 is 1.70. The van der Waals surface area contributed by atoms with Crippen LogP contribution in [0.25, 0.3) is 11.0 Å². The zero-order valence-electron chi connectivity index (χ0n) is 11.5. The van der Waals surface area contributed by atoms with Gasteiger partial charge < -0.3 is 15.6 Å². The fraction of sp³-hybridized carbons (Fsp3) is 0.267. The van der Waals surface area contributed by atoms with Gasteiger partial charge >= 0.3 is 0 Å². The van der Waals surface area contributed by atoms with Gasteiger partial charge in [0.15, 0.2) is 0 Å². The van der Waals surface area contributed by atoms with E-state index in [0.29, 0.717) is 0 Å². The summed E-state index contributed by atoms with van der Waals surface area (Å²) in [4.78, 5) is 5.78. The number of thiophene rings is 1. The van der Waals surface area contributed by atoms with Gasteiger partial charge in [0.05, 0.1) is 11.0 Å². The van der Waals surface area contributed by atoms with Crippen LogP contribution in [0.3, 0.4) is 0 Å². The highest BCUT2D eigenvalue weighted by Gasteiger charge is 2.06. The number of nitrogens with zero attached hydrogens (tertiary/aromatic N) is 2. The van der Waals surface area contributed by atoms with Crippen molar-refractivity contribution in [3.8, 4) is 0 Å². The smallest absolute Gasteiger partial charge is 0.106 e. The zero-order chi connectivity index (χ0) is 13.9. The maximum atomic E-state index is 5.87. The number of imidazole rings is 1. The van der Waals surface area contributed by atoms with Crippen molar-refractivity contribution in [2.75, 3.05) is 12.3 Å². The van der Waals surface area contributed by atoms with E-state index in [-0.39, 0.29) is 0 Å². The molecule has 0 unspecified atom stereocenters. The molecule has 0 fully saturated rings. The molecule has 3 aromatic rings. The van der Waals surface area contributed by atoms with Gasteiger partial charge in [0.2, 0.25) is 0 Å². The molecule has 1 aromatic carbocycles. The number of para-hydroxylation sites is 2. The molecular formula is C15H18N4S. The van der Waals surface area contributed by atoms with Crippen molar-refractivity contribution in [1.29, 1.82) is 0 Å². The van der Waals surface area contributed by atoms with E-state index in [9.17, 15) is 0 Å². The molecule has 2 heterocycles. The first-order valence-corrected chi connectivity index (χ1v) is 7.58. The second-order valence-corrected chi connectivity index (χ2v) is 5.78. The molecule has 0 aliphatic rings. The lowest BCUT2D eigenvalue weighted by atomic mass is 10.3. The van der Waals surface area contributed by atoms with Crippen molar-refractivity contribution in [2.45, 2.75) is 20.0 Å². The third-order valence-electron chi connectivity index (χ3n) is 3.42. The topological polar surface area (TPSA) is 55.9 Å². The number of nitrogens with two attached hydrogens (primary N) is 1. The highest BCUT2D eigenvalue weighted by Crippen LogP contribution is 2.18. The van der Waals surface area contributed by atoms with Crippen LogP contribution in [0.15, 0.2) is 35.7 Å². The lowest BCUT2D eigenvalue weighted by molar-refractivity contribution is 0.601. The van der Waals surface area contributed by atoms with E-state index in [0.717, 1.165) is 36.7 Å². The molecule has 3 rings (SSSR count). The Balaban J connectivity index is 1.63. The van der Waals surface area contributed by atoms with Gasteiger partial charge in [0, 0.05) is 30.2 Å². The quantitative estimate of drug-likeness (QED) is 0.709. The van der Waals surface area contributed by atoms with Crippen molar-refractivity contribution >= 4 is 28.1 Å². The number of fused-ring (bicyclic) bond motifs is 1. The SMILES string of the molecule is Cc1nc2ccccc2n1CCNCc1sccc1N. The predicted octanol–water partition coefficient (Wildman–Crippen LogP) is 2.78. The molecular weight excluding hydrogens is 268 g/mol. The molecule has 4 nitrogen and oxygen atoms in total. The number of benzene rings is 1. The van der Waals surface area contributed by atoms with Crippen LogP contribution in [0.4, 0.5) is 5.69 Å². The molecule has 0 radical (unpaired) electrons. The highest BCUT2D eigenvalue weighted by molar-refractivity contribution is 7.10. The van der Waals surface area contributed by atoms with E-state index in [4.69, 9.17) is 5.73 Å². The average Bonchev–Trinajstić information content (AvgIpc) is 2.98. The van der Waals surface area contributed by atoms with Crippen LogP contribution in [0.2, 0.25) is 0 Å². The normalized spacial score (nSPS) is 11.2. The zero-order valence-corrected chi connectivity index (χ0v) is 12.3. The van der Waals surface area contributed by atoms with E-state index in [1.54, 1.807) is 11.3 Å². The van der Waals surface area contributed by atoms with Crippen molar-refractivity contribution in [3.63, 3.8) is 0 Å². The summed E-state index contributed by atoms with van der Waals surface area (Å²) in [6.07, 6.45) is 0. The number of nitrogens with one attached hydrogen (secondary N) is 1. The van der Waals surface area contributed by atoms with Gasteiger partial charge in [-0.25, -0.2) is 4.98 Å². The van der Waals surface area contributed by atoms with Gasteiger partial charge in [-0.2, -0.15) is 0 Å². The second-order valence-electron chi connectivity index (χ2n) is 4.78. The number of nitrogen functional groups attached to an aromatic ring is 1. The third kappa shape index (κ3) is 2.55. The Kier molecular flexibility index (Phi) is 3.71. The number of rotatable bonds is 5. The van der Waals surface area contributed by atoms with Gasteiger partial charge in [-0.05, 0) is 30.5 Å². The van der Waals surface area contributed by atoms with Gasteiger partial charge in [0.1, 0.15) is 5.82 Å². The number of anilines is 1. The van der Waals surface area contributed by atoms with E-state index in [1.807, 2.05) is 17.5 Å². The minimum atomic E-state index is 0.829. The number of aromatic nitrogens is 2. The van der Waals surface area contributed by atoms with E-state index in [2.05, 4.69) is 40.0 Å². The minimum Gasteiger partial charge on any atom is -0.398 e. The Bertz CT molecular complexity index is 714. The van der Waals surface area contributed by atoms with Crippen LogP contribution in [-0.2, 0) is 13.1 Å². The van der Waals surface area contributed by atoms with Crippen LogP contribution in [0.5, 0.6) is 0 Å². The summed E-state index contributed by atoms with van der Waals surface area (Å²) in [5.74, 6) is 1.06. The second kappa shape index (κ2) is 5.64. The predicted molar refractivity (Wildman–Crippen MR) is 84.9 cm³/mol. The molecule has 0 spiro atoms. The Morgan fingerprint density at radius 1 is 1.30 bits per heavy atom. The molecule has 0 amide bonds. The average molecular weight is 286 g/mol. The maximum Gasteiger partial charge on any atom is 0.106 e. The number of aryl methyl sites for hydroxylation is 1. The molecule has 3 N–H and O–H groups in total. The molecule has 0 bridgehead atoms. The Morgan fingerprint density at radius 2 is 2.15 bits per heavy atom. The van der Waals surface area contributed by atoms with Gasteiger partial charge in [-0.1, -0.05) is 12.1 Å². The minimum absolute atomic E-state index is 0.829. The monoisotopic (exact) mass is 286 g/mol. The first-order valence-electron chi connectivity index (χ1n) is 6.70. The van der Waals surface area contributed by atoms with E-state index < -0.39 is 0 Å². The Hall–Kier alpha value is -1.85. The van der Waals surface area contributed by atoms with Gasteiger partial charge in [-0.15, -0.1) is 11.3 Å². The molecule has 0 saturated heterocycles. The Morgan fingerprint density at radius 3 is 2.95 bits per heavy atom. The Labute approximate surface area is 122 Å². The first kappa shape index (κ1) is 13.1. The van der Waals surface area contributed by atoms with Crippen molar-refractivity contribution in [2.24, 2.45) is 0 Å². The van der Waals surface area contributed by atoms with Crippen LogP contribution in [0, 0.1) is 6.92 Å². The third-order valence-corrected chi connectivity index (χ3v) is 4.36. The van der Waals surface area contributed by atoms with Gasteiger partial charge in [-0.3, -0.25) is 0 Å². The van der Waals surface area contributed by atoms with Gasteiger partial charge in [0.25, 0.3) is 0 Å². The summed E-state index contributed by atoms with van der Waals surface area (Å²) in [7, 11) is 0. The summed E-state index contributed by atoms with van der Waals surface area (Å²) in [5, 5.41) is 5.47. The summed E-state index contributed by atoms with van der Waals surface area (Å²) in [6, 6.07) is 10.2. The molecule has 0 saturated carbocycles. The van der Waals surface area contributed by atoms with Crippen LogP contribution >= 0.6 is 11.3 Å². The first-order chi connectivity index (χ1) is 9.75. The molecule has 0 aliphatic heterocycles. The summed E-state index contributed by atoms with van der Waals surface area (Å²) in [5.41, 5.74) is 9.01. The molecule has 5 heteroatoms. The fourth-order valence-electron chi connectivity index (χ4n) is 2.37. The highest BCUT2D eigenvalue weighted by atomic mass is 32.1. The van der Waals surface area contributed by atoms with Crippen LogP contribution in [-0.4, -0.2) is 16.1 Å². The maximum absolute atomic E-state index is 5.87. The van der Waals surface area contributed by atoms with Crippen molar-refractivity contribution < 1.29 is 0 Å². The standard InChI is InChI=1S/C15H18N4S/c1-11-18-13-4-2-3-5-14(13)19(11)8-7-17-10-15-12(16)6-9-20-15/h2-6,9,17H,7-8,10,16H2,1H3. The lowest BCUT2D eigenvalue weighted by Gasteiger charge is -2.08. The number of hydrogen-bond donors (Lipinski definition) is 2. The van der Waals surface area contributed by atoms with Crippen LogP contribution in [0.1, 0.15) is 10.7 Å². The molecule has 104 valence electrons. The molecule has 0 atom stereocenters. The number of hydrogen-bond acceptors (Lipinski definition) is 4. The largest absolute Gasteiger partial charge is 0.398 e. The van der Waals surface area contributed by atoms with E-state index in [1.165, 1.54) is 10.4 Å².